The first-order valence-corrected chi connectivity index (χ1v) is 5.60. The molecule has 0 bridgehead atoms. The average Bonchev–Trinajstić information content (AvgIpc) is 2.35. The van der Waals surface area contributed by atoms with E-state index >= 15 is 0 Å². The van der Waals surface area contributed by atoms with Crippen LogP contribution >= 0.6 is 0 Å². The maximum absolute atomic E-state index is 12.0. The zero-order valence-electron chi connectivity index (χ0n) is 10.3. The molecule has 92 valence electrons. The van der Waals surface area contributed by atoms with Crippen LogP contribution in [-0.2, 0) is 0 Å². The van der Waals surface area contributed by atoms with Crippen LogP contribution in [0.3, 0.4) is 0 Å². The molecular weight excluding hydrogens is 228 g/mol. The third kappa shape index (κ3) is 2.48. The molecule has 0 aliphatic carbocycles. The molecule has 18 heavy (non-hydrogen) atoms. The summed E-state index contributed by atoms with van der Waals surface area (Å²) >= 11 is 0. The monoisotopic (exact) mass is 242 g/mol. The van der Waals surface area contributed by atoms with Crippen molar-refractivity contribution in [3.8, 4) is 5.75 Å². The van der Waals surface area contributed by atoms with E-state index in [9.17, 15) is 9.90 Å². The molecule has 1 aromatic carbocycles. The van der Waals surface area contributed by atoms with Crippen molar-refractivity contribution in [2.45, 2.75) is 13.8 Å². The highest BCUT2D eigenvalue weighted by Gasteiger charge is 2.12. The van der Waals surface area contributed by atoms with Crippen molar-refractivity contribution in [3.05, 3.63) is 53.2 Å². The molecule has 0 atom stereocenters. The number of anilines is 1. The number of para-hydroxylation sites is 1. The van der Waals surface area contributed by atoms with E-state index in [-0.39, 0.29) is 17.2 Å². The van der Waals surface area contributed by atoms with Crippen LogP contribution < -0.4 is 5.32 Å². The Hall–Kier alpha value is -2.36. The number of nitrogens with one attached hydrogen (secondary N) is 1. The molecule has 0 saturated heterocycles. The molecule has 4 heteroatoms. The van der Waals surface area contributed by atoms with E-state index in [4.69, 9.17) is 0 Å². The first-order valence-electron chi connectivity index (χ1n) is 5.60. The molecular formula is C14H14N2O2. The summed E-state index contributed by atoms with van der Waals surface area (Å²) < 4.78 is 0. The van der Waals surface area contributed by atoms with Crippen LogP contribution in [0.2, 0.25) is 0 Å². The molecule has 0 fully saturated rings. The van der Waals surface area contributed by atoms with Crippen molar-refractivity contribution in [2.24, 2.45) is 0 Å². The number of hydrogen-bond acceptors (Lipinski definition) is 3. The highest BCUT2D eigenvalue weighted by atomic mass is 16.3. The number of amides is 1. The summed E-state index contributed by atoms with van der Waals surface area (Å²) in [5.74, 6) is 0.0983. The number of pyridine rings is 1. The van der Waals surface area contributed by atoms with Gasteiger partial charge in [0.25, 0.3) is 5.91 Å². The lowest BCUT2D eigenvalue weighted by Crippen LogP contribution is -2.13. The molecule has 1 aromatic heterocycles. The van der Waals surface area contributed by atoms with Gasteiger partial charge in [0.1, 0.15) is 11.6 Å². The average molecular weight is 242 g/mol. The van der Waals surface area contributed by atoms with Gasteiger partial charge in [-0.2, -0.15) is 0 Å². The van der Waals surface area contributed by atoms with Crippen LogP contribution in [0.25, 0.3) is 0 Å². The zero-order valence-corrected chi connectivity index (χ0v) is 10.3. The fraction of sp³-hybridized carbons (Fsp3) is 0.143. The van der Waals surface area contributed by atoms with Gasteiger partial charge in [-0.25, -0.2) is 4.98 Å². The Kier molecular flexibility index (Phi) is 3.28. The second-order valence-corrected chi connectivity index (χ2v) is 4.15. The minimum atomic E-state index is -0.368. The summed E-state index contributed by atoms with van der Waals surface area (Å²) in [5.41, 5.74) is 1.93. The predicted molar refractivity (Wildman–Crippen MR) is 69.8 cm³/mol. The molecule has 2 aromatic rings. The lowest BCUT2D eigenvalue weighted by molar-refractivity contribution is 0.102. The van der Waals surface area contributed by atoms with Crippen molar-refractivity contribution >= 4 is 11.7 Å². The Morgan fingerprint density at radius 1 is 1.22 bits per heavy atom. The number of aromatic hydroxyl groups is 1. The molecule has 0 unspecified atom stereocenters. The predicted octanol–water partition coefficient (Wildman–Crippen LogP) is 2.66. The number of phenols is 1. The topological polar surface area (TPSA) is 62.2 Å². The fourth-order valence-electron chi connectivity index (χ4n) is 1.57. The van der Waals surface area contributed by atoms with Crippen molar-refractivity contribution in [3.63, 3.8) is 0 Å². The Morgan fingerprint density at radius 2 is 2.00 bits per heavy atom. The molecule has 4 nitrogen and oxygen atoms in total. The normalized spacial score (nSPS) is 10.1. The van der Waals surface area contributed by atoms with E-state index < -0.39 is 0 Å². The van der Waals surface area contributed by atoms with Crippen LogP contribution in [0.1, 0.15) is 21.5 Å². The van der Waals surface area contributed by atoms with Gasteiger partial charge in [-0.3, -0.25) is 4.79 Å². The summed E-state index contributed by atoms with van der Waals surface area (Å²) in [4.78, 5) is 16.0. The number of carbonyl (C=O) groups is 1. The lowest BCUT2D eigenvalue weighted by atomic mass is 10.1. The number of rotatable bonds is 2. The fourth-order valence-corrected chi connectivity index (χ4v) is 1.57. The van der Waals surface area contributed by atoms with Gasteiger partial charge in [0, 0.05) is 6.20 Å². The standard InChI is InChI=1S/C14H14N2O2/c1-9-6-7-12(15-8-9)16-14(18)11-5-3-4-10(2)13(11)17/h3-8,17H,1-2H3,(H,15,16,18). The molecule has 2 rings (SSSR count). The first-order chi connectivity index (χ1) is 8.58. The smallest absolute Gasteiger partial charge is 0.260 e. The molecule has 0 saturated carbocycles. The Bertz CT molecular complexity index is 577. The van der Waals surface area contributed by atoms with Crippen molar-refractivity contribution in [2.75, 3.05) is 5.32 Å². The van der Waals surface area contributed by atoms with Crippen molar-refractivity contribution in [1.82, 2.24) is 4.98 Å². The summed E-state index contributed by atoms with van der Waals surface area (Å²) in [6, 6.07) is 8.63. The van der Waals surface area contributed by atoms with Crippen LogP contribution in [-0.4, -0.2) is 16.0 Å². The SMILES string of the molecule is Cc1ccc(NC(=O)c2cccc(C)c2O)nc1. The molecule has 0 radical (unpaired) electrons. The van der Waals surface area contributed by atoms with Gasteiger partial charge in [-0.1, -0.05) is 18.2 Å². The Morgan fingerprint density at radius 3 is 2.67 bits per heavy atom. The molecule has 0 spiro atoms. The molecule has 0 aliphatic heterocycles. The molecule has 2 N–H and O–H groups in total. The van der Waals surface area contributed by atoms with E-state index in [1.165, 1.54) is 0 Å². The van der Waals surface area contributed by atoms with E-state index in [0.29, 0.717) is 11.4 Å². The minimum absolute atomic E-state index is 0.00196. The number of nitrogens with zero attached hydrogens (tertiary/aromatic N) is 1. The number of aromatic nitrogens is 1. The summed E-state index contributed by atoms with van der Waals surface area (Å²) in [6.45, 7) is 3.67. The molecule has 0 aliphatic rings. The summed E-state index contributed by atoms with van der Waals surface area (Å²) in [6.07, 6.45) is 1.67. The molecule has 1 heterocycles. The summed E-state index contributed by atoms with van der Waals surface area (Å²) in [5, 5.41) is 12.5. The van der Waals surface area contributed by atoms with Gasteiger partial charge in [0.05, 0.1) is 5.56 Å². The van der Waals surface area contributed by atoms with Crippen LogP contribution in [0.15, 0.2) is 36.5 Å². The van der Waals surface area contributed by atoms with Gasteiger partial charge >= 0.3 is 0 Å². The largest absolute Gasteiger partial charge is 0.507 e. The lowest BCUT2D eigenvalue weighted by Gasteiger charge is -2.07. The number of phenolic OH excluding ortho intramolecular Hbond substituents is 1. The van der Waals surface area contributed by atoms with Crippen LogP contribution in [0, 0.1) is 13.8 Å². The molecule has 1 amide bonds. The zero-order chi connectivity index (χ0) is 13.1. The Balaban J connectivity index is 2.22. The number of carbonyl (C=O) groups excluding carboxylic acids is 1. The maximum Gasteiger partial charge on any atom is 0.260 e. The van der Waals surface area contributed by atoms with Crippen LogP contribution in [0.4, 0.5) is 5.82 Å². The van der Waals surface area contributed by atoms with Gasteiger partial charge in [0.15, 0.2) is 0 Å². The minimum Gasteiger partial charge on any atom is -0.507 e. The number of hydrogen-bond donors (Lipinski definition) is 2. The second-order valence-electron chi connectivity index (χ2n) is 4.15. The Labute approximate surface area is 105 Å². The third-order valence-electron chi connectivity index (χ3n) is 2.64. The third-order valence-corrected chi connectivity index (χ3v) is 2.64. The van der Waals surface area contributed by atoms with E-state index in [1.54, 1.807) is 37.4 Å². The van der Waals surface area contributed by atoms with Gasteiger partial charge in [0.2, 0.25) is 0 Å². The quantitative estimate of drug-likeness (QED) is 0.851. The number of benzene rings is 1. The highest BCUT2D eigenvalue weighted by molar-refractivity contribution is 6.05. The highest BCUT2D eigenvalue weighted by Crippen LogP contribution is 2.22. The van der Waals surface area contributed by atoms with Crippen molar-refractivity contribution in [1.29, 1.82) is 0 Å². The van der Waals surface area contributed by atoms with Gasteiger partial charge in [-0.05, 0) is 37.1 Å². The first kappa shape index (κ1) is 12.1. The van der Waals surface area contributed by atoms with E-state index in [2.05, 4.69) is 10.3 Å². The van der Waals surface area contributed by atoms with Gasteiger partial charge < -0.3 is 10.4 Å². The second kappa shape index (κ2) is 4.87. The number of aryl methyl sites for hydroxylation is 2. The van der Waals surface area contributed by atoms with E-state index in [1.807, 2.05) is 13.0 Å². The van der Waals surface area contributed by atoms with Crippen molar-refractivity contribution < 1.29 is 9.90 Å². The summed E-state index contributed by atoms with van der Waals surface area (Å²) in [7, 11) is 0. The van der Waals surface area contributed by atoms with Gasteiger partial charge in [-0.15, -0.1) is 0 Å². The van der Waals surface area contributed by atoms with E-state index in [0.717, 1.165) is 5.56 Å². The van der Waals surface area contributed by atoms with Crippen LogP contribution in [0.5, 0.6) is 5.75 Å². The maximum atomic E-state index is 12.0.